The maximum atomic E-state index is 7.73. The normalized spacial score (nSPS) is 11.4. The van der Waals surface area contributed by atoms with Gasteiger partial charge in [-0.3, -0.25) is 0 Å². The number of aryl methyl sites for hydroxylation is 2. The van der Waals surface area contributed by atoms with Gasteiger partial charge in [0.2, 0.25) is 0 Å². The number of hydrogen-bond donors (Lipinski definition) is 0. The summed E-state index contributed by atoms with van der Waals surface area (Å²) < 4.78 is 0. The van der Waals surface area contributed by atoms with Crippen LogP contribution >= 0.6 is 0 Å². The summed E-state index contributed by atoms with van der Waals surface area (Å²) in [4.78, 5) is 14.5. The molecular formula is C41H27N3. The summed E-state index contributed by atoms with van der Waals surface area (Å²) in [5, 5.41) is 7.00. The van der Waals surface area contributed by atoms with E-state index in [-0.39, 0.29) is 0 Å². The van der Waals surface area contributed by atoms with Gasteiger partial charge in [0, 0.05) is 32.7 Å². The molecule has 0 aliphatic heterocycles. The van der Waals surface area contributed by atoms with Crippen LogP contribution in [0, 0.1) is 20.4 Å². The predicted molar refractivity (Wildman–Crippen MR) is 184 cm³/mol. The van der Waals surface area contributed by atoms with Crippen LogP contribution < -0.4 is 0 Å². The molecule has 0 aliphatic rings. The van der Waals surface area contributed by atoms with Gasteiger partial charge in [-0.1, -0.05) is 115 Å². The zero-order valence-corrected chi connectivity index (χ0v) is 24.5. The molecule has 0 bridgehead atoms. The molecule has 206 valence electrons. The van der Waals surface area contributed by atoms with E-state index < -0.39 is 0 Å². The van der Waals surface area contributed by atoms with E-state index in [9.17, 15) is 0 Å². The Hall–Kier alpha value is -5.85. The Kier molecular flexibility index (Phi) is 5.96. The average molecular weight is 562 g/mol. The van der Waals surface area contributed by atoms with Gasteiger partial charge in [-0.25, -0.2) is 14.8 Å². The summed E-state index contributed by atoms with van der Waals surface area (Å²) in [6.45, 7) is 12.2. The van der Waals surface area contributed by atoms with Crippen LogP contribution in [0.15, 0.2) is 127 Å². The second-order valence-electron chi connectivity index (χ2n) is 11.3. The van der Waals surface area contributed by atoms with Gasteiger partial charge in [0.1, 0.15) is 0 Å². The topological polar surface area (TPSA) is 30.1 Å². The van der Waals surface area contributed by atoms with Crippen LogP contribution in [0.2, 0.25) is 0 Å². The Labute approximate surface area is 255 Å². The third-order valence-corrected chi connectivity index (χ3v) is 8.81. The number of para-hydroxylation sites is 2. The summed E-state index contributed by atoms with van der Waals surface area (Å²) >= 11 is 0. The molecule has 0 N–H and O–H groups in total. The first kappa shape index (κ1) is 25.8. The Morgan fingerprint density at radius 2 is 1.00 bits per heavy atom. The number of benzene rings is 6. The fourth-order valence-electron chi connectivity index (χ4n) is 6.83. The van der Waals surface area contributed by atoms with Crippen LogP contribution in [0.1, 0.15) is 11.1 Å². The number of nitrogens with zero attached hydrogens (tertiary/aromatic N) is 3. The van der Waals surface area contributed by atoms with Crippen LogP contribution in [0.4, 0.5) is 5.69 Å². The minimum absolute atomic E-state index is 0.638. The molecule has 0 amide bonds. The third kappa shape index (κ3) is 3.89. The molecule has 2 aromatic heterocycles. The van der Waals surface area contributed by atoms with Crippen LogP contribution in [0.5, 0.6) is 0 Å². The second-order valence-corrected chi connectivity index (χ2v) is 11.3. The predicted octanol–water partition coefficient (Wildman–Crippen LogP) is 11.3. The van der Waals surface area contributed by atoms with E-state index in [0.29, 0.717) is 5.69 Å². The van der Waals surface area contributed by atoms with Crippen molar-refractivity contribution in [2.24, 2.45) is 0 Å². The van der Waals surface area contributed by atoms with Crippen molar-refractivity contribution >= 4 is 49.0 Å². The number of hydrogen-bond acceptors (Lipinski definition) is 2. The molecule has 6 aromatic carbocycles. The van der Waals surface area contributed by atoms with Gasteiger partial charge < -0.3 is 0 Å². The first-order chi connectivity index (χ1) is 21.6. The highest BCUT2D eigenvalue weighted by atomic mass is 14.7. The first-order valence-corrected chi connectivity index (χ1v) is 14.8. The molecule has 0 saturated carbocycles. The lowest BCUT2D eigenvalue weighted by Gasteiger charge is -2.21. The molecule has 0 radical (unpaired) electrons. The van der Waals surface area contributed by atoms with Crippen LogP contribution in [-0.4, -0.2) is 9.97 Å². The van der Waals surface area contributed by atoms with E-state index in [2.05, 4.69) is 116 Å². The maximum absolute atomic E-state index is 7.73. The van der Waals surface area contributed by atoms with Crippen molar-refractivity contribution in [2.75, 3.05) is 0 Å². The molecule has 0 aliphatic carbocycles. The maximum Gasteiger partial charge on any atom is 0.194 e. The highest BCUT2D eigenvalue weighted by Crippen LogP contribution is 2.46. The summed E-state index contributed by atoms with van der Waals surface area (Å²) in [6, 6.07) is 43.7. The zero-order chi connectivity index (χ0) is 29.8. The smallest absolute Gasteiger partial charge is 0.194 e. The molecule has 2 heterocycles. The van der Waals surface area contributed by atoms with Crippen LogP contribution in [0.3, 0.4) is 0 Å². The van der Waals surface area contributed by atoms with Gasteiger partial charge in [-0.2, -0.15) is 0 Å². The molecule has 8 rings (SSSR count). The van der Waals surface area contributed by atoms with E-state index in [0.717, 1.165) is 55.4 Å². The standard InChI is InChI=1S/C41H27N3/c1-25-36-31-19-11-13-21-34(31)43-40(27-14-6-4-7-15-27)38(36)26(2)37-32-23-22-29(30-18-10-12-20-33(30)42-3)24-35(32)44-41(39(25)37)28-16-8-5-9-17-28/h4-24H,1-2H3. The van der Waals surface area contributed by atoms with E-state index in [1.54, 1.807) is 0 Å². The highest BCUT2D eigenvalue weighted by molar-refractivity contribution is 6.25. The largest absolute Gasteiger partial charge is 0.247 e. The molecule has 0 atom stereocenters. The molecule has 0 unspecified atom stereocenters. The molecular weight excluding hydrogens is 534 g/mol. The first-order valence-electron chi connectivity index (χ1n) is 14.8. The van der Waals surface area contributed by atoms with E-state index in [4.69, 9.17) is 16.5 Å². The van der Waals surface area contributed by atoms with Gasteiger partial charge in [0.25, 0.3) is 0 Å². The third-order valence-electron chi connectivity index (χ3n) is 8.81. The van der Waals surface area contributed by atoms with E-state index in [1.165, 1.54) is 32.7 Å². The van der Waals surface area contributed by atoms with Crippen molar-refractivity contribution in [1.29, 1.82) is 0 Å². The van der Waals surface area contributed by atoms with Crippen LogP contribution in [-0.2, 0) is 0 Å². The zero-order valence-electron chi connectivity index (χ0n) is 24.5. The molecule has 0 fully saturated rings. The average Bonchev–Trinajstić information content (AvgIpc) is 3.09. The summed E-state index contributed by atoms with van der Waals surface area (Å²) in [5.41, 5.74) is 11.0. The van der Waals surface area contributed by atoms with E-state index in [1.807, 2.05) is 30.3 Å². The van der Waals surface area contributed by atoms with Gasteiger partial charge >= 0.3 is 0 Å². The van der Waals surface area contributed by atoms with Crippen molar-refractivity contribution < 1.29 is 0 Å². The fourth-order valence-corrected chi connectivity index (χ4v) is 6.83. The number of rotatable bonds is 3. The Balaban J connectivity index is 1.59. The highest BCUT2D eigenvalue weighted by Gasteiger charge is 2.22. The SMILES string of the molecule is [C-]#[N+]c1ccccc1-c1ccc2c(c1)nc(-c1ccccc1)c1c(C)c3c(c(-c4ccccc4)nc4ccccc43)c(C)c12. The van der Waals surface area contributed by atoms with Crippen molar-refractivity contribution in [3.05, 3.63) is 150 Å². The summed E-state index contributed by atoms with van der Waals surface area (Å²) in [5.74, 6) is 0. The summed E-state index contributed by atoms with van der Waals surface area (Å²) in [6.07, 6.45) is 0. The Morgan fingerprint density at radius 3 is 1.64 bits per heavy atom. The number of aromatic nitrogens is 2. The van der Waals surface area contributed by atoms with Gasteiger partial charge in [0.05, 0.1) is 29.0 Å². The quantitative estimate of drug-likeness (QED) is 0.122. The van der Waals surface area contributed by atoms with Crippen molar-refractivity contribution in [1.82, 2.24) is 9.97 Å². The lowest BCUT2D eigenvalue weighted by molar-refractivity contribution is 1.39. The second kappa shape index (κ2) is 10.2. The number of fused-ring (bicyclic) bond motifs is 6. The van der Waals surface area contributed by atoms with Crippen molar-refractivity contribution in [2.45, 2.75) is 13.8 Å². The molecule has 8 aromatic rings. The lowest BCUT2D eigenvalue weighted by Crippen LogP contribution is -1.99. The Morgan fingerprint density at radius 1 is 0.477 bits per heavy atom. The fraction of sp³-hybridized carbons (Fsp3) is 0.0488. The molecule has 3 heteroatoms. The molecule has 0 saturated heterocycles. The van der Waals surface area contributed by atoms with Gasteiger partial charge in [0.15, 0.2) is 5.69 Å². The van der Waals surface area contributed by atoms with Crippen molar-refractivity contribution in [3.63, 3.8) is 0 Å². The lowest BCUT2D eigenvalue weighted by atomic mass is 9.85. The Bertz CT molecular complexity index is 2450. The van der Waals surface area contributed by atoms with E-state index >= 15 is 0 Å². The monoisotopic (exact) mass is 561 g/mol. The van der Waals surface area contributed by atoms with Gasteiger partial charge in [-0.05, 0) is 59.0 Å². The summed E-state index contributed by atoms with van der Waals surface area (Å²) in [7, 11) is 0. The number of pyridine rings is 2. The minimum Gasteiger partial charge on any atom is -0.247 e. The molecule has 3 nitrogen and oxygen atoms in total. The minimum atomic E-state index is 0.638. The van der Waals surface area contributed by atoms with Crippen LogP contribution in [0.25, 0.3) is 81.8 Å². The van der Waals surface area contributed by atoms with Gasteiger partial charge in [-0.15, -0.1) is 0 Å². The van der Waals surface area contributed by atoms with Crippen molar-refractivity contribution in [3.8, 4) is 33.6 Å². The molecule has 44 heavy (non-hydrogen) atoms. The molecule has 0 spiro atoms.